The number of para-hydroxylation sites is 1. The van der Waals surface area contributed by atoms with Crippen LogP contribution in [0.1, 0.15) is 28.1 Å². The van der Waals surface area contributed by atoms with Gasteiger partial charge in [0.1, 0.15) is 6.54 Å². The van der Waals surface area contributed by atoms with Crippen molar-refractivity contribution in [1.82, 2.24) is 9.47 Å². The van der Waals surface area contributed by atoms with E-state index in [2.05, 4.69) is 28.9 Å². The molecule has 33 heavy (non-hydrogen) atoms. The zero-order chi connectivity index (χ0) is 23.7. The number of nitrogens with one attached hydrogen (secondary N) is 1. The predicted molar refractivity (Wildman–Crippen MR) is 132 cm³/mol. The zero-order valence-electron chi connectivity index (χ0n) is 19.0. The number of rotatable bonds is 5. The number of benzene rings is 2. The van der Waals surface area contributed by atoms with Crippen molar-refractivity contribution >= 4 is 40.6 Å². The molecule has 1 aliphatic heterocycles. The van der Waals surface area contributed by atoms with Crippen molar-refractivity contribution in [2.24, 2.45) is 0 Å². The number of nitrogens with zero attached hydrogens (tertiary/aromatic N) is 2. The molecule has 1 saturated heterocycles. The third kappa shape index (κ3) is 4.64. The largest absolute Gasteiger partial charge is 0.325 e. The van der Waals surface area contributed by atoms with E-state index in [-0.39, 0.29) is 6.54 Å². The van der Waals surface area contributed by atoms with Crippen LogP contribution in [0.2, 0.25) is 0 Å². The molecule has 0 saturated carbocycles. The highest BCUT2D eigenvalue weighted by Crippen LogP contribution is 2.34. The number of thioether (sulfide) groups is 1. The molecule has 2 heterocycles. The van der Waals surface area contributed by atoms with Gasteiger partial charge in [-0.2, -0.15) is 0 Å². The van der Waals surface area contributed by atoms with Crippen molar-refractivity contribution in [3.05, 3.63) is 87.6 Å². The molecule has 3 amide bonds. The summed E-state index contributed by atoms with van der Waals surface area (Å²) in [7, 11) is 0. The minimum atomic E-state index is -0.454. The summed E-state index contributed by atoms with van der Waals surface area (Å²) in [6.45, 7) is 7.69. The van der Waals surface area contributed by atoms with Gasteiger partial charge in [0.25, 0.3) is 11.1 Å². The Morgan fingerprint density at radius 1 is 1.00 bits per heavy atom. The summed E-state index contributed by atoms with van der Waals surface area (Å²) in [5.41, 5.74) is 6.79. The average molecular weight is 460 g/mol. The van der Waals surface area contributed by atoms with Gasteiger partial charge in [-0.25, -0.2) is 0 Å². The molecule has 0 unspecified atom stereocenters. The minimum Gasteiger partial charge on any atom is -0.325 e. The Hall–Kier alpha value is -3.58. The molecule has 7 heteroatoms. The van der Waals surface area contributed by atoms with Crippen molar-refractivity contribution in [1.29, 1.82) is 0 Å². The molecular formula is C26H25N3O3S. The van der Waals surface area contributed by atoms with Crippen LogP contribution in [0.4, 0.5) is 10.5 Å². The van der Waals surface area contributed by atoms with Crippen LogP contribution in [0, 0.1) is 27.7 Å². The molecule has 4 rings (SSSR count). The monoisotopic (exact) mass is 459 g/mol. The maximum absolute atomic E-state index is 12.9. The van der Waals surface area contributed by atoms with E-state index in [1.165, 1.54) is 0 Å². The standard InChI is InChI=1S/C26H25N3O3S/c1-16-9-11-21(12-10-16)27-24(30)15-28-25(31)23(33-26(28)32)14-20-13-18(3)29(19(20)4)22-8-6-5-7-17(22)2/h5-14H,15H2,1-4H3,(H,27,30). The maximum Gasteiger partial charge on any atom is 0.294 e. The molecule has 0 radical (unpaired) electrons. The molecule has 0 aliphatic carbocycles. The first-order valence-corrected chi connectivity index (χ1v) is 11.4. The van der Waals surface area contributed by atoms with Gasteiger partial charge in [-0.1, -0.05) is 35.9 Å². The quantitative estimate of drug-likeness (QED) is 0.520. The van der Waals surface area contributed by atoms with Crippen molar-refractivity contribution in [2.75, 3.05) is 11.9 Å². The first kappa shape index (κ1) is 22.6. The van der Waals surface area contributed by atoms with Crippen molar-refractivity contribution in [3.8, 4) is 5.69 Å². The minimum absolute atomic E-state index is 0.313. The maximum atomic E-state index is 12.9. The molecule has 3 aromatic rings. The zero-order valence-corrected chi connectivity index (χ0v) is 19.8. The van der Waals surface area contributed by atoms with Crippen molar-refractivity contribution < 1.29 is 14.4 Å². The second-order valence-electron chi connectivity index (χ2n) is 8.13. The molecule has 0 bridgehead atoms. The van der Waals surface area contributed by atoms with E-state index in [4.69, 9.17) is 0 Å². The van der Waals surface area contributed by atoms with Gasteiger partial charge in [0.15, 0.2) is 0 Å². The lowest BCUT2D eigenvalue weighted by atomic mass is 10.2. The van der Waals surface area contributed by atoms with Gasteiger partial charge in [0.05, 0.1) is 4.91 Å². The molecule has 1 aromatic heterocycles. The summed E-state index contributed by atoms with van der Waals surface area (Å²) >= 11 is 0.859. The first-order valence-electron chi connectivity index (χ1n) is 10.6. The summed E-state index contributed by atoms with van der Waals surface area (Å²) in [6.07, 6.45) is 1.74. The highest BCUT2D eigenvalue weighted by Gasteiger charge is 2.36. The number of aryl methyl sites for hydroxylation is 3. The molecule has 6 nitrogen and oxygen atoms in total. The van der Waals surface area contributed by atoms with Crippen LogP contribution < -0.4 is 5.32 Å². The van der Waals surface area contributed by atoms with Crippen LogP contribution in [-0.2, 0) is 9.59 Å². The Morgan fingerprint density at radius 3 is 2.39 bits per heavy atom. The predicted octanol–water partition coefficient (Wildman–Crippen LogP) is 5.39. The Balaban J connectivity index is 1.53. The summed E-state index contributed by atoms with van der Waals surface area (Å²) in [6, 6.07) is 17.4. The van der Waals surface area contributed by atoms with Gasteiger partial charge in [-0.05, 0) is 80.9 Å². The first-order chi connectivity index (χ1) is 15.7. The molecule has 1 N–H and O–H groups in total. The fourth-order valence-corrected chi connectivity index (χ4v) is 4.71. The number of carbonyl (C=O) groups is 3. The average Bonchev–Trinajstić information content (AvgIpc) is 3.19. The van der Waals surface area contributed by atoms with Crippen molar-refractivity contribution in [2.45, 2.75) is 27.7 Å². The van der Waals surface area contributed by atoms with Crippen LogP contribution in [0.25, 0.3) is 11.8 Å². The molecular weight excluding hydrogens is 434 g/mol. The van der Waals surface area contributed by atoms with Crippen molar-refractivity contribution in [3.63, 3.8) is 0 Å². The number of imide groups is 1. The number of carbonyl (C=O) groups excluding carboxylic acids is 3. The van der Waals surface area contributed by atoms with E-state index in [9.17, 15) is 14.4 Å². The fourth-order valence-electron chi connectivity index (χ4n) is 3.88. The van der Waals surface area contributed by atoms with E-state index in [1.807, 2.05) is 51.1 Å². The van der Waals surface area contributed by atoms with Gasteiger partial charge < -0.3 is 9.88 Å². The van der Waals surface area contributed by atoms with E-state index in [0.717, 1.165) is 50.4 Å². The molecule has 0 spiro atoms. The molecule has 168 valence electrons. The third-order valence-electron chi connectivity index (χ3n) is 5.62. The van der Waals surface area contributed by atoms with Gasteiger partial charge >= 0.3 is 0 Å². The van der Waals surface area contributed by atoms with Crippen LogP contribution in [0.5, 0.6) is 0 Å². The number of aromatic nitrogens is 1. The van der Waals surface area contributed by atoms with Crippen LogP contribution >= 0.6 is 11.8 Å². The van der Waals surface area contributed by atoms with E-state index in [0.29, 0.717) is 10.6 Å². The van der Waals surface area contributed by atoms with E-state index >= 15 is 0 Å². The topological polar surface area (TPSA) is 71.4 Å². The molecule has 1 aliphatic rings. The number of hydrogen-bond acceptors (Lipinski definition) is 4. The summed E-state index contributed by atoms with van der Waals surface area (Å²) < 4.78 is 2.14. The lowest BCUT2D eigenvalue weighted by molar-refractivity contribution is -0.127. The number of anilines is 1. The Kier molecular flexibility index (Phi) is 6.24. The Labute approximate surface area is 197 Å². The highest BCUT2D eigenvalue weighted by atomic mass is 32.2. The SMILES string of the molecule is Cc1ccc(NC(=O)CN2C(=O)SC(=Cc3cc(C)n(-c4ccccc4C)c3C)C2=O)cc1. The summed E-state index contributed by atoms with van der Waals surface area (Å²) in [4.78, 5) is 39.1. The van der Waals surface area contributed by atoms with Gasteiger partial charge in [0, 0.05) is 22.8 Å². The number of hydrogen-bond donors (Lipinski definition) is 1. The molecule has 0 atom stereocenters. The molecule has 2 aromatic carbocycles. The third-order valence-corrected chi connectivity index (χ3v) is 6.53. The number of amides is 3. The lowest BCUT2D eigenvalue weighted by Crippen LogP contribution is -2.36. The second kappa shape index (κ2) is 9.11. The molecule has 1 fully saturated rings. The van der Waals surface area contributed by atoms with E-state index < -0.39 is 17.1 Å². The summed E-state index contributed by atoms with van der Waals surface area (Å²) in [5, 5.41) is 2.28. The van der Waals surface area contributed by atoms with Crippen LogP contribution in [0.15, 0.2) is 59.5 Å². The highest BCUT2D eigenvalue weighted by molar-refractivity contribution is 8.18. The Bertz CT molecular complexity index is 1290. The van der Waals surface area contributed by atoms with Gasteiger partial charge in [-0.3, -0.25) is 19.3 Å². The van der Waals surface area contributed by atoms with Crippen LogP contribution in [-0.4, -0.2) is 33.1 Å². The normalized spacial score (nSPS) is 14.9. The van der Waals surface area contributed by atoms with Crippen LogP contribution in [0.3, 0.4) is 0 Å². The Morgan fingerprint density at radius 2 is 1.70 bits per heavy atom. The van der Waals surface area contributed by atoms with E-state index in [1.54, 1.807) is 18.2 Å². The fraction of sp³-hybridized carbons (Fsp3) is 0.192. The lowest BCUT2D eigenvalue weighted by Gasteiger charge is -2.13. The van der Waals surface area contributed by atoms with Gasteiger partial charge in [0.2, 0.25) is 5.91 Å². The summed E-state index contributed by atoms with van der Waals surface area (Å²) in [5.74, 6) is -0.870. The second-order valence-corrected chi connectivity index (χ2v) is 9.12. The smallest absolute Gasteiger partial charge is 0.294 e. The van der Waals surface area contributed by atoms with Gasteiger partial charge in [-0.15, -0.1) is 0 Å².